The molecule has 0 unspecified atom stereocenters. The van der Waals surface area contributed by atoms with Gasteiger partial charge in [-0.3, -0.25) is 19.2 Å². The fraction of sp³-hybridized carbons (Fsp3) is 0.203. The van der Waals surface area contributed by atoms with Crippen LogP contribution in [0.3, 0.4) is 0 Å². The van der Waals surface area contributed by atoms with E-state index < -0.39 is 5.97 Å². The van der Waals surface area contributed by atoms with Gasteiger partial charge in [-0.15, -0.1) is 0 Å². The fourth-order valence-corrected chi connectivity index (χ4v) is 13.4. The van der Waals surface area contributed by atoms with E-state index in [1.54, 1.807) is 50.8 Å². The monoisotopic (exact) mass is 1230 g/mol. The molecule has 16 nitrogen and oxygen atoms in total. The van der Waals surface area contributed by atoms with Gasteiger partial charge < -0.3 is 54.5 Å². The molecule has 0 bridgehead atoms. The SMILES string of the molecule is CCN(CC)c1ccc2c(-c3ccccc3C(=O)N3CCN(C(=O)CCC(=O)Nc4ccc(SSc5ccc(NC(=S)Nc6ccc(C(=O)[O-])c(-c7c8ccc(=O)cc-8oc8cc(O)ccc78)c6)cc5)cc4)CC3)c3ccc(=[N+](CC)CC)cc-3oc2c1. The van der Waals surface area contributed by atoms with Gasteiger partial charge >= 0.3 is 0 Å². The molecule has 4 N–H and O–H groups in total. The Morgan fingerprint density at radius 1 is 0.591 bits per heavy atom. The van der Waals surface area contributed by atoms with Crippen LogP contribution in [0.5, 0.6) is 5.75 Å². The summed E-state index contributed by atoms with van der Waals surface area (Å²) in [6.45, 7) is 13.4. The number of carbonyl (C=O) groups is 4. The van der Waals surface area contributed by atoms with E-state index in [1.807, 2.05) is 77.7 Å². The molecule has 446 valence electrons. The third kappa shape index (κ3) is 13.1. The molecule has 6 aromatic rings. The van der Waals surface area contributed by atoms with Crippen LogP contribution in [0, 0.1) is 0 Å². The van der Waals surface area contributed by atoms with Gasteiger partial charge in [-0.05, 0) is 160 Å². The first kappa shape index (κ1) is 60.3. The summed E-state index contributed by atoms with van der Waals surface area (Å²) in [6.07, 6.45) is 0.0537. The Morgan fingerprint density at radius 3 is 1.83 bits per heavy atom. The van der Waals surface area contributed by atoms with E-state index in [9.17, 15) is 34.2 Å². The molecule has 19 heteroatoms. The van der Waals surface area contributed by atoms with Crippen molar-refractivity contribution < 1.29 is 38.2 Å². The van der Waals surface area contributed by atoms with Crippen LogP contribution in [-0.2, 0) is 9.59 Å². The van der Waals surface area contributed by atoms with Crippen molar-refractivity contribution in [1.82, 2.24) is 14.4 Å². The number of carbonyl (C=O) groups excluding carboxylic acids is 4. The number of hydrogen-bond donors (Lipinski definition) is 4. The molecule has 2 aliphatic carbocycles. The Kier molecular flexibility index (Phi) is 18.3. The Bertz CT molecular complexity index is 4380. The lowest BCUT2D eigenvalue weighted by atomic mass is 9.90. The minimum Gasteiger partial charge on any atom is -0.545 e. The molecule has 0 spiro atoms. The van der Waals surface area contributed by atoms with Crippen LogP contribution in [-0.4, -0.2) is 96.1 Å². The number of thiocarbonyl (C=S) groups is 1. The first-order chi connectivity index (χ1) is 42.7. The number of amides is 3. The standard InChI is InChI=1S/C69H63N7O9S3/c1-5-73(6-2)45-18-27-54-59(38-45)84-60-39-46(74(7-3)8-4)19-28-55(60)65(54)51-11-9-10-12-52(51)67(81)76-35-33-75(34-36-76)64(80)32-31-63(79)70-42-13-22-49(23-14-42)87-88-50-24-15-43(16-25-50)71-69(86)72-44-17-26-53(68(82)83)58(37-44)66-56-29-20-47(77)40-61(56)85-62-41-48(78)21-30-57(62)66/h9-30,37-41H,5-8,31-36H2,1-4H3,(H4-,70,71,72,77,78,79,82,83,86). The van der Waals surface area contributed by atoms with Gasteiger partial charge in [-0.2, -0.15) is 0 Å². The Balaban J connectivity index is 0.661. The second kappa shape index (κ2) is 26.7. The molecule has 3 aliphatic heterocycles. The van der Waals surface area contributed by atoms with Crippen LogP contribution < -0.4 is 41.3 Å². The van der Waals surface area contributed by atoms with E-state index in [2.05, 4.69) is 89.5 Å². The molecule has 6 aromatic carbocycles. The predicted molar refractivity (Wildman–Crippen MR) is 354 cm³/mol. The summed E-state index contributed by atoms with van der Waals surface area (Å²) < 4.78 is 15.0. The van der Waals surface area contributed by atoms with Gasteiger partial charge in [-0.1, -0.05) is 45.9 Å². The average Bonchev–Trinajstić information content (AvgIpc) is 1.75. The molecule has 3 heterocycles. The summed E-state index contributed by atoms with van der Waals surface area (Å²) in [6, 6.07) is 48.9. The van der Waals surface area contributed by atoms with E-state index in [0.29, 0.717) is 70.9 Å². The van der Waals surface area contributed by atoms with Gasteiger partial charge in [0.25, 0.3) is 5.91 Å². The number of benzene rings is 8. The molecule has 88 heavy (non-hydrogen) atoms. The highest BCUT2D eigenvalue weighted by molar-refractivity contribution is 8.76. The van der Waals surface area contributed by atoms with Crippen LogP contribution in [0.15, 0.2) is 187 Å². The summed E-state index contributed by atoms with van der Waals surface area (Å²) in [5.41, 5.74) is 8.00. The molecule has 1 fully saturated rings. The first-order valence-electron chi connectivity index (χ1n) is 29.2. The molecular formula is C69H63N7O9S3. The zero-order valence-electron chi connectivity index (χ0n) is 48.9. The van der Waals surface area contributed by atoms with Crippen molar-refractivity contribution in [3.63, 3.8) is 0 Å². The maximum Gasteiger partial charge on any atom is 0.254 e. The first-order valence-corrected chi connectivity index (χ1v) is 31.7. The van der Waals surface area contributed by atoms with E-state index in [1.165, 1.54) is 30.3 Å². The molecule has 1 saturated heterocycles. The highest BCUT2D eigenvalue weighted by atomic mass is 33.1. The summed E-state index contributed by atoms with van der Waals surface area (Å²) in [5, 5.41) is 34.6. The molecule has 5 aliphatic rings. The molecule has 0 atom stereocenters. The van der Waals surface area contributed by atoms with E-state index in [0.717, 1.165) is 80.4 Å². The predicted octanol–water partition coefficient (Wildman–Crippen LogP) is 12.1. The molecule has 11 rings (SSSR count). The van der Waals surface area contributed by atoms with Crippen LogP contribution >= 0.6 is 33.8 Å². The van der Waals surface area contributed by atoms with E-state index in [-0.39, 0.29) is 63.8 Å². The van der Waals surface area contributed by atoms with Crippen LogP contribution in [0.25, 0.3) is 66.8 Å². The number of phenols is 1. The van der Waals surface area contributed by atoms with Crippen LogP contribution in [0.1, 0.15) is 61.3 Å². The maximum absolute atomic E-state index is 14.6. The third-order valence-electron chi connectivity index (χ3n) is 15.8. The summed E-state index contributed by atoms with van der Waals surface area (Å²) in [4.78, 5) is 73.7. The van der Waals surface area contributed by atoms with Gasteiger partial charge in [0.05, 0.1) is 12.0 Å². The topological polar surface area (TPSA) is 204 Å². The number of aromatic carboxylic acids is 1. The van der Waals surface area contributed by atoms with Gasteiger partial charge in [0.2, 0.25) is 17.2 Å². The number of fused-ring (bicyclic) bond motifs is 4. The van der Waals surface area contributed by atoms with Crippen molar-refractivity contribution in [2.75, 3.05) is 73.2 Å². The van der Waals surface area contributed by atoms with Crippen molar-refractivity contribution >= 4 is 107 Å². The summed E-state index contributed by atoms with van der Waals surface area (Å²) >= 11 is 5.66. The van der Waals surface area contributed by atoms with Gasteiger partial charge in [0.1, 0.15) is 41.5 Å². The Morgan fingerprint density at radius 2 is 1.17 bits per heavy atom. The van der Waals surface area contributed by atoms with Crippen molar-refractivity contribution in [2.45, 2.75) is 50.3 Å². The number of aromatic hydroxyl groups is 1. The van der Waals surface area contributed by atoms with Crippen molar-refractivity contribution in [3.8, 4) is 50.7 Å². The highest BCUT2D eigenvalue weighted by Gasteiger charge is 2.29. The molecular weight excluding hydrogens is 1170 g/mol. The fourth-order valence-electron chi connectivity index (χ4n) is 11.3. The lowest BCUT2D eigenvalue weighted by Gasteiger charge is -2.35. The number of rotatable bonds is 18. The minimum absolute atomic E-state index is 0.0138. The zero-order valence-corrected chi connectivity index (χ0v) is 51.3. The van der Waals surface area contributed by atoms with Crippen LogP contribution in [0.2, 0.25) is 0 Å². The number of carboxylic acid groups (broad SMARTS) is 1. The van der Waals surface area contributed by atoms with Gasteiger partial charge in [0.15, 0.2) is 10.5 Å². The normalized spacial score (nSPS) is 12.4. The Labute approximate surface area is 521 Å². The van der Waals surface area contributed by atoms with Crippen LogP contribution in [0.4, 0.5) is 22.7 Å². The number of carboxylic acids is 1. The van der Waals surface area contributed by atoms with E-state index in [4.69, 9.17) is 21.1 Å². The largest absolute Gasteiger partial charge is 0.545 e. The number of nitrogens with one attached hydrogen (secondary N) is 3. The lowest BCUT2D eigenvalue weighted by molar-refractivity contribution is -0.255. The lowest BCUT2D eigenvalue weighted by Crippen LogP contribution is -2.50. The summed E-state index contributed by atoms with van der Waals surface area (Å²) in [5.74, 6) is -1.02. The number of anilines is 4. The number of piperazine rings is 1. The van der Waals surface area contributed by atoms with Gasteiger partial charge in [-0.25, -0.2) is 4.58 Å². The molecule has 0 radical (unpaired) electrons. The van der Waals surface area contributed by atoms with Crippen molar-refractivity contribution in [2.24, 2.45) is 0 Å². The molecule has 0 saturated carbocycles. The van der Waals surface area contributed by atoms with Crippen molar-refractivity contribution in [1.29, 1.82) is 0 Å². The molecule has 0 aromatic heterocycles. The smallest absolute Gasteiger partial charge is 0.254 e. The Hall–Kier alpha value is -9.43. The third-order valence-corrected chi connectivity index (χ3v) is 18.4. The second-order valence-electron chi connectivity index (χ2n) is 21.1. The van der Waals surface area contributed by atoms with Crippen molar-refractivity contribution in [3.05, 3.63) is 190 Å². The second-order valence-corrected chi connectivity index (χ2v) is 23.8. The number of hydrogen-bond acceptors (Lipinski definition) is 13. The highest BCUT2D eigenvalue weighted by Crippen LogP contribution is 2.45. The number of nitrogens with zero attached hydrogens (tertiary/aromatic N) is 4. The quantitative estimate of drug-likeness (QED) is 0.0273. The summed E-state index contributed by atoms with van der Waals surface area (Å²) in [7, 11) is 3.10. The average molecular weight is 1230 g/mol. The molecule has 3 amide bonds. The minimum atomic E-state index is -1.40. The number of phenolic OH excluding ortho intramolecular Hbond substituents is 1. The van der Waals surface area contributed by atoms with Gasteiger partial charge in [0, 0.05) is 153 Å². The zero-order chi connectivity index (χ0) is 61.6. The van der Waals surface area contributed by atoms with E-state index >= 15 is 0 Å². The maximum atomic E-state index is 14.6.